The van der Waals surface area contributed by atoms with Crippen molar-refractivity contribution in [3.05, 3.63) is 35.9 Å². The number of benzene rings is 1. The Morgan fingerprint density at radius 2 is 1.81 bits per heavy atom. The third-order valence-electron chi connectivity index (χ3n) is 2.95. The van der Waals surface area contributed by atoms with Crippen LogP contribution in [0.4, 0.5) is 4.79 Å². The number of hydrogen-bond donors (Lipinski definition) is 1. The molecule has 0 saturated heterocycles. The summed E-state index contributed by atoms with van der Waals surface area (Å²) in [5.41, 5.74) is 5.81. The molecule has 1 aromatic rings. The molecule has 21 heavy (non-hydrogen) atoms. The zero-order valence-electron chi connectivity index (χ0n) is 13.1. The fourth-order valence-electron chi connectivity index (χ4n) is 2.00. The van der Waals surface area contributed by atoms with Crippen molar-refractivity contribution in [2.45, 2.75) is 45.8 Å². The number of primary amides is 1. The van der Waals surface area contributed by atoms with Crippen LogP contribution in [0.15, 0.2) is 30.3 Å². The summed E-state index contributed by atoms with van der Waals surface area (Å²) in [4.78, 5) is 25.3. The van der Waals surface area contributed by atoms with E-state index in [1.807, 2.05) is 30.3 Å². The molecular formula is C16H24N2O3. The highest BCUT2D eigenvalue weighted by atomic mass is 16.6. The van der Waals surface area contributed by atoms with E-state index < -0.39 is 23.6 Å². The maximum Gasteiger partial charge on any atom is 0.410 e. The number of carbonyl (C=O) groups excluding carboxylic acids is 2. The number of hydrogen-bond acceptors (Lipinski definition) is 3. The molecule has 1 atom stereocenters. The largest absolute Gasteiger partial charge is 0.444 e. The van der Waals surface area contributed by atoms with Gasteiger partial charge in [0.15, 0.2) is 0 Å². The van der Waals surface area contributed by atoms with Crippen LogP contribution in [0.25, 0.3) is 0 Å². The van der Waals surface area contributed by atoms with Crippen molar-refractivity contribution < 1.29 is 14.3 Å². The van der Waals surface area contributed by atoms with Gasteiger partial charge in [-0.15, -0.1) is 0 Å². The van der Waals surface area contributed by atoms with Gasteiger partial charge < -0.3 is 10.5 Å². The molecular weight excluding hydrogens is 268 g/mol. The second-order valence-corrected chi connectivity index (χ2v) is 5.87. The van der Waals surface area contributed by atoms with Crippen molar-refractivity contribution in [2.24, 2.45) is 5.73 Å². The van der Waals surface area contributed by atoms with Crippen LogP contribution < -0.4 is 5.73 Å². The number of nitrogens with zero attached hydrogens (tertiary/aromatic N) is 1. The van der Waals surface area contributed by atoms with E-state index in [2.05, 4.69) is 0 Å². The SMILES string of the molecule is CCN(C(=O)OC(C)(C)C)C(Cc1ccccc1)C(N)=O. The summed E-state index contributed by atoms with van der Waals surface area (Å²) in [6.07, 6.45) is -0.145. The Hall–Kier alpha value is -2.04. The standard InChI is InChI=1S/C16H24N2O3/c1-5-18(15(20)21-16(2,3)4)13(14(17)19)11-12-9-7-6-8-10-12/h6-10,13H,5,11H2,1-4H3,(H2,17,19). The average molecular weight is 292 g/mol. The lowest BCUT2D eigenvalue weighted by molar-refractivity contribution is -0.123. The van der Waals surface area contributed by atoms with Crippen molar-refractivity contribution in [2.75, 3.05) is 6.54 Å². The predicted octanol–water partition coefficient (Wildman–Crippen LogP) is 2.34. The van der Waals surface area contributed by atoms with Crippen LogP contribution in [0.5, 0.6) is 0 Å². The van der Waals surface area contributed by atoms with Crippen LogP contribution >= 0.6 is 0 Å². The first kappa shape index (κ1) is 17.0. The van der Waals surface area contributed by atoms with E-state index in [0.717, 1.165) is 5.56 Å². The van der Waals surface area contributed by atoms with Gasteiger partial charge in [0.2, 0.25) is 5.91 Å². The van der Waals surface area contributed by atoms with Gasteiger partial charge in [-0.05, 0) is 33.3 Å². The van der Waals surface area contributed by atoms with Gasteiger partial charge in [0.1, 0.15) is 11.6 Å². The van der Waals surface area contributed by atoms with Gasteiger partial charge in [0.05, 0.1) is 0 Å². The van der Waals surface area contributed by atoms with Gasteiger partial charge in [0.25, 0.3) is 0 Å². The summed E-state index contributed by atoms with van der Waals surface area (Å²) in [6.45, 7) is 7.51. The number of carbonyl (C=O) groups is 2. The number of ether oxygens (including phenoxy) is 1. The molecule has 5 nitrogen and oxygen atoms in total. The van der Waals surface area contributed by atoms with E-state index in [9.17, 15) is 9.59 Å². The van der Waals surface area contributed by atoms with Crippen LogP contribution in [-0.4, -0.2) is 35.1 Å². The molecule has 1 rings (SSSR count). The van der Waals surface area contributed by atoms with Crippen molar-refractivity contribution in [1.29, 1.82) is 0 Å². The lowest BCUT2D eigenvalue weighted by atomic mass is 10.0. The van der Waals surface area contributed by atoms with E-state index in [4.69, 9.17) is 10.5 Å². The molecule has 0 aromatic heterocycles. The molecule has 0 heterocycles. The maximum absolute atomic E-state index is 12.2. The Morgan fingerprint density at radius 1 is 1.24 bits per heavy atom. The van der Waals surface area contributed by atoms with Crippen molar-refractivity contribution >= 4 is 12.0 Å². The monoisotopic (exact) mass is 292 g/mol. The predicted molar refractivity (Wildman–Crippen MR) is 81.7 cm³/mol. The maximum atomic E-state index is 12.2. The smallest absolute Gasteiger partial charge is 0.410 e. The number of nitrogens with two attached hydrogens (primary N) is 1. The first-order valence-corrected chi connectivity index (χ1v) is 7.07. The molecule has 5 heteroatoms. The Kier molecular flexibility index (Phi) is 5.76. The molecule has 0 fully saturated rings. The highest BCUT2D eigenvalue weighted by molar-refractivity contribution is 5.84. The van der Waals surface area contributed by atoms with Crippen LogP contribution in [-0.2, 0) is 16.0 Å². The van der Waals surface area contributed by atoms with E-state index >= 15 is 0 Å². The average Bonchev–Trinajstić information content (AvgIpc) is 2.37. The lowest BCUT2D eigenvalue weighted by Crippen LogP contribution is -2.50. The normalized spacial score (nSPS) is 12.6. The van der Waals surface area contributed by atoms with Gasteiger partial charge >= 0.3 is 6.09 Å². The Labute approximate surface area is 126 Å². The molecule has 0 spiro atoms. The van der Waals surface area contributed by atoms with Gasteiger partial charge in [-0.3, -0.25) is 9.69 Å². The number of amides is 2. The summed E-state index contributed by atoms with van der Waals surface area (Å²) in [5.74, 6) is -0.536. The minimum atomic E-state index is -0.716. The van der Waals surface area contributed by atoms with Gasteiger partial charge in [0, 0.05) is 13.0 Å². The highest BCUT2D eigenvalue weighted by Crippen LogP contribution is 2.14. The fourth-order valence-corrected chi connectivity index (χ4v) is 2.00. The summed E-state index contributed by atoms with van der Waals surface area (Å²) >= 11 is 0. The van der Waals surface area contributed by atoms with Crippen molar-refractivity contribution in [1.82, 2.24) is 4.90 Å². The first-order valence-electron chi connectivity index (χ1n) is 7.07. The van der Waals surface area contributed by atoms with E-state index in [1.54, 1.807) is 27.7 Å². The van der Waals surface area contributed by atoms with Crippen molar-refractivity contribution in [3.8, 4) is 0 Å². The Morgan fingerprint density at radius 3 is 2.24 bits per heavy atom. The summed E-state index contributed by atoms with van der Waals surface area (Å²) in [6, 6.07) is 8.76. The number of likely N-dealkylation sites (N-methyl/N-ethyl adjacent to an activating group) is 1. The van der Waals surface area contributed by atoms with Crippen LogP contribution in [0.1, 0.15) is 33.3 Å². The van der Waals surface area contributed by atoms with E-state index in [1.165, 1.54) is 4.90 Å². The van der Waals surface area contributed by atoms with Gasteiger partial charge in [-0.1, -0.05) is 30.3 Å². The molecule has 0 aliphatic carbocycles. The fraction of sp³-hybridized carbons (Fsp3) is 0.500. The number of rotatable bonds is 5. The molecule has 0 aliphatic heterocycles. The first-order chi connectivity index (χ1) is 9.74. The van der Waals surface area contributed by atoms with Crippen LogP contribution in [0.2, 0.25) is 0 Å². The lowest BCUT2D eigenvalue weighted by Gasteiger charge is -2.31. The summed E-state index contributed by atoms with van der Waals surface area (Å²) in [7, 11) is 0. The third kappa shape index (κ3) is 5.45. The van der Waals surface area contributed by atoms with Crippen LogP contribution in [0.3, 0.4) is 0 Å². The second-order valence-electron chi connectivity index (χ2n) is 5.87. The molecule has 0 aliphatic rings. The molecule has 0 radical (unpaired) electrons. The van der Waals surface area contributed by atoms with Crippen LogP contribution in [0, 0.1) is 0 Å². The minimum Gasteiger partial charge on any atom is -0.444 e. The summed E-state index contributed by atoms with van der Waals surface area (Å²) in [5, 5.41) is 0. The second kappa shape index (κ2) is 7.11. The van der Waals surface area contributed by atoms with Gasteiger partial charge in [-0.25, -0.2) is 4.79 Å². The molecule has 1 aromatic carbocycles. The highest BCUT2D eigenvalue weighted by Gasteiger charge is 2.30. The molecule has 0 saturated carbocycles. The van der Waals surface area contributed by atoms with Gasteiger partial charge in [-0.2, -0.15) is 0 Å². The van der Waals surface area contributed by atoms with Crippen molar-refractivity contribution in [3.63, 3.8) is 0 Å². The van der Waals surface area contributed by atoms with E-state index in [0.29, 0.717) is 13.0 Å². The molecule has 0 bridgehead atoms. The third-order valence-corrected chi connectivity index (χ3v) is 2.95. The zero-order valence-corrected chi connectivity index (χ0v) is 13.1. The molecule has 1 unspecified atom stereocenters. The molecule has 2 N–H and O–H groups in total. The summed E-state index contributed by atoms with van der Waals surface area (Å²) < 4.78 is 5.34. The molecule has 116 valence electrons. The molecule has 2 amide bonds. The zero-order chi connectivity index (χ0) is 16.0. The van der Waals surface area contributed by atoms with E-state index in [-0.39, 0.29) is 0 Å². The minimum absolute atomic E-state index is 0.357. The quantitative estimate of drug-likeness (QED) is 0.905. The topological polar surface area (TPSA) is 72.6 Å². The Balaban J connectivity index is 2.91. The Bertz CT molecular complexity index is 480.